The Morgan fingerprint density at radius 2 is 1.05 bits per heavy atom. The van der Waals surface area contributed by atoms with Gasteiger partial charge in [0.25, 0.3) is 0 Å². The van der Waals surface area contributed by atoms with Crippen molar-refractivity contribution >= 4 is 49.6 Å². The highest BCUT2D eigenvalue weighted by atomic mass is 15.1. The minimum absolute atomic E-state index is 0.0958. The Morgan fingerprint density at radius 1 is 0.453 bits per heavy atom. The second-order valence-electron chi connectivity index (χ2n) is 17.7. The van der Waals surface area contributed by atoms with Crippen LogP contribution in [0.25, 0.3) is 71.6 Å². The van der Waals surface area contributed by atoms with Crippen molar-refractivity contribution in [2.75, 3.05) is 4.90 Å². The monoisotopic (exact) mass is 818 g/mol. The molecule has 0 saturated heterocycles. The second kappa shape index (κ2) is 15.1. The van der Waals surface area contributed by atoms with E-state index in [1.165, 1.54) is 82.7 Å². The van der Waals surface area contributed by atoms with Crippen molar-refractivity contribution in [3.05, 3.63) is 253 Å². The Kier molecular flexibility index (Phi) is 8.95. The van der Waals surface area contributed by atoms with Gasteiger partial charge in [-0.15, -0.1) is 0 Å². The zero-order chi connectivity index (χ0) is 42.8. The first-order valence-corrected chi connectivity index (χ1v) is 22.4. The Morgan fingerprint density at radius 3 is 1.78 bits per heavy atom. The van der Waals surface area contributed by atoms with Crippen LogP contribution in [0, 0.1) is 0 Å². The summed E-state index contributed by atoms with van der Waals surface area (Å²) >= 11 is 0. The molecule has 0 aliphatic heterocycles. The van der Waals surface area contributed by atoms with Gasteiger partial charge in [-0.1, -0.05) is 196 Å². The lowest BCUT2D eigenvalue weighted by Gasteiger charge is -2.28. The third-order valence-corrected chi connectivity index (χ3v) is 13.8. The summed E-state index contributed by atoms with van der Waals surface area (Å²) in [6.45, 7) is 4.75. The van der Waals surface area contributed by atoms with Crippen LogP contribution in [0.2, 0.25) is 0 Å². The zero-order valence-electron chi connectivity index (χ0n) is 36.0. The first-order valence-electron chi connectivity index (χ1n) is 22.4. The van der Waals surface area contributed by atoms with E-state index < -0.39 is 0 Å². The number of aromatic nitrogens is 1. The molecule has 12 rings (SSSR count). The Hall–Kier alpha value is -7.94. The molecule has 0 radical (unpaired) electrons. The van der Waals surface area contributed by atoms with E-state index in [-0.39, 0.29) is 11.3 Å². The SMILES string of the molecule is CC1(C)C2=CC=CC=CC2c2ccc(N(c3ccc(-c4ccccc4)cc3)c3ccc(-c4ccccc4-c4ccc(-n5c6ccccc6c6ccc7ccccc7c65)cc4)cc3)cc21. The van der Waals surface area contributed by atoms with E-state index in [4.69, 9.17) is 0 Å². The average molecular weight is 819 g/mol. The molecule has 2 aliphatic carbocycles. The topological polar surface area (TPSA) is 8.17 Å². The molecule has 0 spiro atoms. The molecule has 0 N–H and O–H groups in total. The van der Waals surface area contributed by atoms with Crippen LogP contribution in [0.5, 0.6) is 0 Å². The van der Waals surface area contributed by atoms with Crippen molar-refractivity contribution in [2.24, 2.45) is 0 Å². The highest BCUT2D eigenvalue weighted by Crippen LogP contribution is 2.53. The van der Waals surface area contributed by atoms with Crippen LogP contribution in [0.1, 0.15) is 30.9 Å². The quantitative estimate of drug-likeness (QED) is 0.156. The first-order chi connectivity index (χ1) is 31.5. The van der Waals surface area contributed by atoms with Gasteiger partial charge in [0.15, 0.2) is 0 Å². The maximum atomic E-state index is 2.43. The molecule has 1 heterocycles. The number of allylic oxidation sites excluding steroid dienone is 6. The summed E-state index contributed by atoms with van der Waals surface area (Å²) in [4.78, 5) is 2.41. The molecule has 1 atom stereocenters. The number of hydrogen-bond acceptors (Lipinski definition) is 1. The molecule has 64 heavy (non-hydrogen) atoms. The van der Waals surface area contributed by atoms with Gasteiger partial charge >= 0.3 is 0 Å². The summed E-state index contributed by atoms with van der Waals surface area (Å²) in [5.74, 6) is 0.289. The van der Waals surface area contributed by atoms with Crippen LogP contribution in [-0.4, -0.2) is 4.57 Å². The number of fused-ring (bicyclic) bond motifs is 8. The molecule has 304 valence electrons. The molecular formula is C62H46N2. The number of anilines is 3. The van der Waals surface area contributed by atoms with Crippen molar-refractivity contribution < 1.29 is 0 Å². The fourth-order valence-corrected chi connectivity index (χ4v) is 10.6. The molecule has 0 saturated carbocycles. The lowest BCUT2D eigenvalue weighted by Crippen LogP contribution is -2.17. The summed E-state index contributed by atoms with van der Waals surface area (Å²) in [6.07, 6.45) is 11.2. The van der Waals surface area contributed by atoms with Crippen molar-refractivity contribution in [2.45, 2.75) is 25.2 Å². The van der Waals surface area contributed by atoms with E-state index in [1.807, 2.05) is 0 Å². The third kappa shape index (κ3) is 6.17. The minimum atomic E-state index is -0.0958. The van der Waals surface area contributed by atoms with Crippen molar-refractivity contribution in [3.8, 4) is 39.1 Å². The van der Waals surface area contributed by atoms with Crippen LogP contribution < -0.4 is 4.90 Å². The normalized spacial score (nSPS) is 15.0. The predicted molar refractivity (Wildman–Crippen MR) is 271 cm³/mol. The van der Waals surface area contributed by atoms with Crippen LogP contribution in [0.3, 0.4) is 0 Å². The molecule has 9 aromatic carbocycles. The number of para-hydroxylation sites is 1. The van der Waals surface area contributed by atoms with Gasteiger partial charge in [0, 0.05) is 50.2 Å². The van der Waals surface area contributed by atoms with E-state index in [0.717, 1.165) is 22.7 Å². The van der Waals surface area contributed by atoms with Crippen LogP contribution in [0.4, 0.5) is 17.1 Å². The summed E-state index contributed by atoms with van der Waals surface area (Å²) in [5.41, 5.74) is 18.3. The highest BCUT2D eigenvalue weighted by Gasteiger charge is 2.40. The molecule has 0 amide bonds. The lowest BCUT2D eigenvalue weighted by molar-refractivity contribution is 0.635. The molecule has 0 fully saturated rings. The zero-order valence-corrected chi connectivity index (χ0v) is 36.0. The molecule has 0 bridgehead atoms. The molecule has 2 nitrogen and oxygen atoms in total. The van der Waals surface area contributed by atoms with Crippen LogP contribution >= 0.6 is 0 Å². The Balaban J connectivity index is 0.921. The lowest BCUT2D eigenvalue weighted by atomic mass is 9.81. The maximum Gasteiger partial charge on any atom is 0.0619 e. The average Bonchev–Trinajstić information content (AvgIpc) is 3.64. The van der Waals surface area contributed by atoms with Gasteiger partial charge in [-0.2, -0.15) is 0 Å². The standard InChI is InChI=1S/C62H46N2/c1-62(2)58-23-8-4-7-21-54(58)55-40-38-50(41-59(55)62)63(47-32-25-43(26-33-47)42-15-5-3-6-16-42)48-34-27-45(28-35-48)51-18-11-12-19-52(51)46-29-36-49(37-30-46)64-60-24-14-13-22-56(60)57-39-31-44-17-9-10-20-53(44)61(57)64/h3-41,54H,1-2H3. The third-order valence-electron chi connectivity index (χ3n) is 13.8. The molecule has 10 aromatic rings. The maximum absolute atomic E-state index is 2.43. The van der Waals surface area contributed by atoms with Crippen molar-refractivity contribution in [1.82, 2.24) is 4.57 Å². The van der Waals surface area contributed by atoms with E-state index in [2.05, 4.69) is 260 Å². The van der Waals surface area contributed by atoms with Crippen LogP contribution in [0.15, 0.2) is 242 Å². The molecular weight excluding hydrogens is 773 g/mol. The predicted octanol–water partition coefficient (Wildman–Crippen LogP) is 16.8. The van der Waals surface area contributed by atoms with Crippen molar-refractivity contribution in [3.63, 3.8) is 0 Å². The van der Waals surface area contributed by atoms with Gasteiger partial charge in [-0.05, 0) is 110 Å². The molecule has 1 aromatic heterocycles. The largest absolute Gasteiger partial charge is 0.310 e. The van der Waals surface area contributed by atoms with Gasteiger partial charge in [0.2, 0.25) is 0 Å². The smallest absolute Gasteiger partial charge is 0.0619 e. The molecule has 1 unspecified atom stereocenters. The minimum Gasteiger partial charge on any atom is -0.310 e. The number of benzene rings is 9. The van der Waals surface area contributed by atoms with Gasteiger partial charge in [-0.25, -0.2) is 0 Å². The summed E-state index contributed by atoms with van der Waals surface area (Å²) < 4.78 is 2.43. The van der Waals surface area contributed by atoms with Gasteiger partial charge in [0.05, 0.1) is 11.0 Å². The van der Waals surface area contributed by atoms with Crippen molar-refractivity contribution in [1.29, 1.82) is 0 Å². The van der Waals surface area contributed by atoms with Gasteiger partial charge < -0.3 is 9.47 Å². The summed E-state index contributed by atoms with van der Waals surface area (Å²) in [6, 6.07) is 75.8. The number of hydrogen-bond donors (Lipinski definition) is 0. The molecule has 2 aliphatic rings. The fraction of sp³-hybridized carbons (Fsp3) is 0.0645. The summed E-state index contributed by atoms with van der Waals surface area (Å²) in [5, 5.41) is 5.05. The van der Waals surface area contributed by atoms with E-state index >= 15 is 0 Å². The summed E-state index contributed by atoms with van der Waals surface area (Å²) in [7, 11) is 0. The molecule has 2 heteroatoms. The van der Waals surface area contributed by atoms with E-state index in [9.17, 15) is 0 Å². The van der Waals surface area contributed by atoms with Gasteiger partial charge in [-0.3, -0.25) is 0 Å². The Labute approximate surface area is 375 Å². The van der Waals surface area contributed by atoms with Gasteiger partial charge in [0.1, 0.15) is 0 Å². The van der Waals surface area contributed by atoms with Crippen LogP contribution in [-0.2, 0) is 5.41 Å². The highest BCUT2D eigenvalue weighted by molar-refractivity contribution is 6.18. The Bertz CT molecular complexity index is 3490. The number of rotatable bonds is 7. The number of nitrogens with zero attached hydrogens (tertiary/aromatic N) is 2. The fourth-order valence-electron chi connectivity index (χ4n) is 10.6. The van der Waals surface area contributed by atoms with E-state index in [1.54, 1.807) is 0 Å². The second-order valence-corrected chi connectivity index (χ2v) is 17.7. The first kappa shape index (κ1) is 37.8. The van der Waals surface area contributed by atoms with E-state index in [0.29, 0.717) is 0 Å².